The summed E-state index contributed by atoms with van der Waals surface area (Å²) in [5.41, 5.74) is 5.54. The van der Waals surface area contributed by atoms with E-state index in [2.05, 4.69) is 4.98 Å². The minimum absolute atomic E-state index is 0.0288. The van der Waals surface area contributed by atoms with Gasteiger partial charge in [0.15, 0.2) is 6.17 Å². The summed E-state index contributed by atoms with van der Waals surface area (Å²) in [5, 5.41) is 0. The second-order valence-corrected chi connectivity index (χ2v) is 3.68. The predicted octanol–water partition coefficient (Wildman–Crippen LogP) is 1.42. The van der Waals surface area contributed by atoms with Crippen LogP contribution in [0.3, 0.4) is 0 Å². The summed E-state index contributed by atoms with van der Waals surface area (Å²) < 4.78 is 26.0. The molecule has 2 N–H and O–H groups in total. The van der Waals surface area contributed by atoms with Crippen LogP contribution in [-0.4, -0.2) is 29.4 Å². The Kier molecular flexibility index (Phi) is 2.72. The van der Waals surface area contributed by atoms with Crippen molar-refractivity contribution >= 4 is 11.7 Å². The van der Waals surface area contributed by atoms with E-state index >= 15 is 0 Å². The highest BCUT2D eigenvalue weighted by Gasteiger charge is 2.47. The number of urea groups is 1. The standard InChI is InChI=1S/C10H11F2N3O/c11-7-4-8(9(7)12)15(10(13)16)6-2-1-3-14-5-6/h1-3,5,7-9H,4H2,(H2,13,16). The van der Waals surface area contributed by atoms with Gasteiger partial charge in [0.05, 0.1) is 17.9 Å². The lowest BCUT2D eigenvalue weighted by Crippen LogP contribution is -2.59. The molecule has 1 aromatic rings. The van der Waals surface area contributed by atoms with Crippen molar-refractivity contribution in [3.05, 3.63) is 24.5 Å². The smallest absolute Gasteiger partial charge is 0.319 e. The Bertz CT molecular complexity index is 387. The van der Waals surface area contributed by atoms with Crippen molar-refractivity contribution in [3.63, 3.8) is 0 Å². The second-order valence-electron chi connectivity index (χ2n) is 3.68. The number of primary amides is 1. The van der Waals surface area contributed by atoms with E-state index in [-0.39, 0.29) is 6.42 Å². The number of anilines is 1. The molecule has 1 saturated carbocycles. The van der Waals surface area contributed by atoms with Crippen LogP contribution in [0.4, 0.5) is 19.3 Å². The van der Waals surface area contributed by atoms with Gasteiger partial charge in [-0.05, 0) is 12.1 Å². The molecule has 0 spiro atoms. The summed E-state index contributed by atoms with van der Waals surface area (Å²) in [5.74, 6) is 0. The predicted molar refractivity (Wildman–Crippen MR) is 54.5 cm³/mol. The molecule has 0 bridgehead atoms. The van der Waals surface area contributed by atoms with Gasteiger partial charge < -0.3 is 5.73 Å². The Morgan fingerprint density at radius 3 is 2.75 bits per heavy atom. The van der Waals surface area contributed by atoms with E-state index in [4.69, 9.17) is 5.73 Å². The number of hydrogen-bond donors (Lipinski definition) is 1. The highest BCUT2D eigenvalue weighted by molar-refractivity contribution is 5.91. The number of pyridine rings is 1. The maximum atomic E-state index is 13.2. The molecule has 3 atom stereocenters. The molecule has 3 unspecified atom stereocenters. The van der Waals surface area contributed by atoms with Gasteiger partial charge >= 0.3 is 6.03 Å². The zero-order valence-corrected chi connectivity index (χ0v) is 8.38. The van der Waals surface area contributed by atoms with Crippen molar-refractivity contribution < 1.29 is 13.6 Å². The van der Waals surface area contributed by atoms with E-state index in [0.717, 1.165) is 4.90 Å². The number of aromatic nitrogens is 1. The average Bonchev–Trinajstić information content (AvgIpc) is 2.29. The number of rotatable bonds is 2. The minimum Gasteiger partial charge on any atom is -0.351 e. The van der Waals surface area contributed by atoms with Crippen molar-refractivity contribution in [3.8, 4) is 0 Å². The molecular formula is C10H11F2N3O. The molecule has 0 aliphatic heterocycles. The van der Waals surface area contributed by atoms with Crippen LogP contribution in [0.1, 0.15) is 6.42 Å². The zero-order valence-electron chi connectivity index (χ0n) is 8.38. The van der Waals surface area contributed by atoms with Gasteiger partial charge in [-0.3, -0.25) is 9.88 Å². The average molecular weight is 227 g/mol. The summed E-state index contributed by atoms with van der Waals surface area (Å²) in [7, 11) is 0. The lowest BCUT2D eigenvalue weighted by molar-refractivity contribution is 0.0450. The molecule has 6 heteroatoms. The molecule has 0 radical (unpaired) electrons. The molecule has 0 saturated heterocycles. The van der Waals surface area contributed by atoms with Crippen LogP contribution >= 0.6 is 0 Å². The van der Waals surface area contributed by atoms with Crippen LogP contribution in [0, 0.1) is 0 Å². The van der Waals surface area contributed by atoms with Crippen LogP contribution in [0.25, 0.3) is 0 Å². The third-order valence-corrected chi connectivity index (χ3v) is 2.67. The van der Waals surface area contributed by atoms with Gasteiger partial charge in [-0.2, -0.15) is 0 Å². The first-order chi connectivity index (χ1) is 7.61. The summed E-state index contributed by atoms with van der Waals surface area (Å²) in [6.07, 6.45) is -0.299. The number of nitrogens with zero attached hydrogens (tertiary/aromatic N) is 2. The molecule has 1 fully saturated rings. The fourth-order valence-corrected chi connectivity index (χ4v) is 1.76. The van der Waals surface area contributed by atoms with Gasteiger partial charge in [0, 0.05) is 12.6 Å². The van der Waals surface area contributed by atoms with E-state index in [9.17, 15) is 13.6 Å². The Balaban J connectivity index is 2.23. The van der Waals surface area contributed by atoms with Gasteiger partial charge in [0.2, 0.25) is 0 Å². The normalized spacial score (nSPS) is 28.2. The SMILES string of the molecule is NC(=O)N(c1cccnc1)C1CC(F)C1F. The monoisotopic (exact) mass is 227 g/mol. The molecule has 86 valence electrons. The van der Waals surface area contributed by atoms with Crippen LogP contribution in [0.15, 0.2) is 24.5 Å². The lowest BCUT2D eigenvalue weighted by atomic mass is 9.86. The van der Waals surface area contributed by atoms with E-state index in [1.54, 1.807) is 12.1 Å². The summed E-state index contributed by atoms with van der Waals surface area (Å²) in [6, 6.07) is 1.56. The van der Waals surface area contributed by atoms with Crippen molar-refractivity contribution in [2.75, 3.05) is 4.90 Å². The first-order valence-electron chi connectivity index (χ1n) is 4.88. The summed E-state index contributed by atoms with van der Waals surface area (Å²) in [4.78, 5) is 16.1. The quantitative estimate of drug-likeness (QED) is 0.830. The van der Waals surface area contributed by atoms with Crippen LogP contribution < -0.4 is 10.6 Å². The first-order valence-corrected chi connectivity index (χ1v) is 4.88. The Morgan fingerprint density at radius 2 is 2.31 bits per heavy atom. The fraction of sp³-hybridized carbons (Fsp3) is 0.400. The highest BCUT2D eigenvalue weighted by atomic mass is 19.2. The molecule has 4 nitrogen and oxygen atoms in total. The van der Waals surface area contributed by atoms with Crippen molar-refractivity contribution in [1.29, 1.82) is 0 Å². The fourth-order valence-electron chi connectivity index (χ4n) is 1.76. The molecule has 1 aliphatic carbocycles. The van der Waals surface area contributed by atoms with E-state index in [1.807, 2.05) is 0 Å². The van der Waals surface area contributed by atoms with Gasteiger partial charge in [-0.1, -0.05) is 0 Å². The number of carbonyl (C=O) groups is 1. The maximum absolute atomic E-state index is 13.2. The Morgan fingerprint density at radius 1 is 1.56 bits per heavy atom. The Labute approximate surface area is 91.1 Å². The number of hydrogen-bond acceptors (Lipinski definition) is 2. The molecule has 1 heterocycles. The maximum Gasteiger partial charge on any atom is 0.319 e. The summed E-state index contributed by atoms with van der Waals surface area (Å²) >= 11 is 0. The van der Waals surface area contributed by atoms with Crippen LogP contribution in [0.5, 0.6) is 0 Å². The van der Waals surface area contributed by atoms with Gasteiger partial charge in [-0.15, -0.1) is 0 Å². The van der Waals surface area contributed by atoms with Crippen LogP contribution in [-0.2, 0) is 0 Å². The van der Waals surface area contributed by atoms with Gasteiger partial charge in [0.25, 0.3) is 0 Å². The third kappa shape index (κ3) is 1.70. The largest absolute Gasteiger partial charge is 0.351 e. The summed E-state index contributed by atoms with van der Waals surface area (Å²) in [6.45, 7) is 0. The third-order valence-electron chi connectivity index (χ3n) is 2.67. The number of halogens is 2. The first kappa shape index (κ1) is 10.8. The zero-order chi connectivity index (χ0) is 11.7. The molecule has 1 aromatic heterocycles. The van der Waals surface area contributed by atoms with Crippen molar-refractivity contribution in [2.24, 2.45) is 5.73 Å². The minimum atomic E-state index is -1.67. The van der Waals surface area contributed by atoms with Crippen LogP contribution in [0.2, 0.25) is 0 Å². The van der Waals surface area contributed by atoms with E-state index in [1.165, 1.54) is 12.4 Å². The lowest BCUT2D eigenvalue weighted by Gasteiger charge is -2.41. The molecular weight excluding hydrogens is 216 g/mol. The number of nitrogens with two attached hydrogens (primary N) is 1. The molecule has 2 rings (SSSR count). The van der Waals surface area contributed by atoms with Crippen molar-refractivity contribution in [2.45, 2.75) is 24.8 Å². The topological polar surface area (TPSA) is 59.2 Å². The highest BCUT2D eigenvalue weighted by Crippen LogP contribution is 2.34. The number of carbonyl (C=O) groups excluding carboxylic acids is 1. The molecule has 2 amide bonds. The van der Waals surface area contributed by atoms with Gasteiger partial charge in [-0.25, -0.2) is 13.6 Å². The van der Waals surface area contributed by atoms with Crippen molar-refractivity contribution in [1.82, 2.24) is 4.98 Å². The molecule has 0 aromatic carbocycles. The second kappa shape index (κ2) is 4.03. The number of amides is 2. The number of alkyl halides is 2. The Hall–Kier alpha value is -1.72. The van der Waals surface area contributed by atoms with Gasteiger partial charge in [0.1, 0.15) is 6.17 Å². The van der Waals surface area contributed by atoms with E-state index < -0.39 is 24.4 Å². The molecule has 1 aliphatic rings. The van der Waals surface area contributed by atoms with E-state index in [0.29, 0.717) is 5.69 Å². The molecule has 16 heavy (non-hydrogen) atoms.